The van der Waals surface area contributed by atoms with Crippen LogP contribution in [0.1, 0.15) is 39.4 Å². The molecular formula is C20H35N5O2. The molecule has 0 aromatic carbocycles. The number of imidazole rings is 1. The lowest BCUT2D eigenvalue weighted by Crippen LogP contribution is -2.47. The number of rotatable bonds is 8. The number of nitrogens with zero attached hydrogens (tertiary/aromatic N) is 5. The van der Waals surface area contributed by atoms with Gasteiger partial charge < -0.3 is 19.1 Å². The summed E-state index contributed by atoms with van der Waals surface area (Å²) in [5.74, 6) is 1.76. The molecule has 2 aliphatic rings. The maximum Gasteiger partial charge on any atom is 0.410 e. The topological polar surface area (TPSA) is 53.8 Å². The second-order valence-electron chi connectivity index (χ2n) is 8.53. The summed E-state index contributed by atoms with van der Waals surface area (Å²) in [5.41, 5.74) is -0.287. The van der Waals surface area contributed by atoms with Crippen molar-refractivity contribution in [3.05, 3.63) is 18.2 Å². The van der Waals surface area contributed by atoms with Gasteiger partial charge in [0.2, 0.25) is 0 Å². The predicted octanol–water partition coefficient (Wildman–Crippen LogP) is 2.28. The van der Waals surface area contributed by atoms with Crippen molar-refractivity contribution in [1.82, 2.24) is 24.3 Å². The third kappa shape index (κ3) is 5.02. The molecule has 1 aromatic heterocycles. The number of aryl methyl sites for hydroxylation is 1. The van der Waals surface area contributed by atoms with Gasteiger partial charge in [-0.3, -0.25) is 4.90 Å². The Bertz CT molecular complexity index is 622. The van der Waals surface area contributed by atoms with E-state index >= 15 is 0 Å². The molecule has 152 valence electrons. The summed E-state index contributed by atoms with van der Waals surface area (Å²) in [6, 6.07) is 0. The molecule has 0 saturated carbocycles. The second-order valence-corrected chi connectivity index (χ2v) is 8.53. The molecule has 2 aliphatic heterocycles. The minimum atomic E-state index is -0.287. The highest BCUT2D eigenvalue weighted by Gasteiger charge is 2.46. The zero-order chi connectivity index (χ0) is 19.4. The van der Waals surface area contributed by atoms with E-state index in [1.165, 1.54) is 0 Å². The monoisotopic (exact) mass is 377 g/mol. The van der Waals surface area contributed by atoms with Crippen LogP contribution >= 0.6 is 0 Å². The number of aromatic nitrogens is 2. The Morgan fingerprint density at radius 1 is 1.33 bits per heavy atom. The highest BCUT2D eigenvalue weighted by Crippen LogP contribution is 2.33. The molecule has 0 radical (unpaired) electrons. The molecule has 2 fully saturated rings. The van der Waals surface area contributed by atoms with E-state index in [1.807, 2.05) is 17.3 Å². The van der Waals surface area contributed by atoms with Crippen LogP contribution in [0.15, 0.2) is 12.4 Å². The van der Waals surface area contributed by atoms with Crippen LogP contribution in [-0.2, 0) is 17.8 Å². The van der Waals surface area contributed by atoms with Crippen LogP contribution in [0.4, 0.5) is 4.79 Å². The number of hydrogen-bond acceptors (Lipinski definition) is 5. The fraction of sp³-hybridized carbons (Fsp3) is 0.800. The lowest BCUT2D eigenvalue weighted by molar-refractivity contribution is -0.00201. The van der Waals surface area contributed by atoms with Crippen LogP contribution in [0.2, 0.25) is 0 Å². The van der Waals surface area contributed by atoms with Crippen LogP contribution < -0.4 is 0 Å². The molecule has 1 aromatic rings. The molecular weight excluding hydrogens is 342 g/mol. The van der Waals surface area contributed by atoms with Crippen LogP contribution in [-0.4, -0.2) is 82.3 Å². The third-order valence-electron chi connectivity index (χ3n) is 5.74. The number of hydrogen-bond donors (Lipinski definition) is 0. The molecule has 0 N–H and O–H groups in total. The minimum absolute atomic E-state index is 0.136. The highest BCUT2D eigenvalue weighted by molar-refractivity contribution is 5.70. The van der Waals surface area contributed by atoms with E-state index in [4.69, 9.17) is 4.74 Å². The van der Waals surface area contributed by atoms with Gasteiger partial charge in [-0.2, -0.15) is 0 Å². The number of likely N-dealkylation sites (N-methyl/N-ethyl adjacent to an activating group) is 1. The van der Waals surface area contributed by atoms with Crippen molar-refractivity contribution in [3.63, 3.8) is 0 Å². The zero-order valence-corrected chi connectivity index (χ0v) is 17.4. The van der Waals surface area contributed by atoms with Crippen LogP contribution in [0, 0.1) is 5.92 Å². The smallest absolute Gasteiger partial charge is 0.410 e. The molecule has 3 rings (SSSR count). The van der Waals surface area contributed by atoms with Gasteiger partial charge in [-0.25, -0.2) is 9.78 Å². The zero-order valence-electron chi connectivity index (χ0n) is 17.4. The van der Waals surface area contributed by atoms with Crippen LogP contribution in [0.3, 0.4) is 0 Å². The summed E-state index contributed by atoms with van der Waals surface area (Å²) in [4.78, 5) is 23.5. The van der Waals surface area contributed by atoms with Gasteiger partial charge in [0, 0.05) is 64.5 Å². The predicted molar refractivity (Wildman–Crippen MR) is 106 cm³/mol. The van der Waals surface area contributed by atoms with Crippen LogP contribution in [0.25, 0.3) is 0 Å². The fourth-order valence-electron chi connectivity index (χ4n) is 4.23. The largest absolute Gasteiger partial charge is 0.441 e. The highest BCUT2D eigenvalue weighted by atomic mass is 16.6. The van der Waals surface area contributed by atoms with Gasteiger partial charge >= 0.3 is 6.09 Å². The number of likely N-dealkylation sites (tertiary alicyclic amines) is 1. The Morgan fingerprint density at radius 3 is 2.74 bits per heavy atom. The molecule has 0 aliphatic carbocycles. The van der Waals surface area contributed by atoms with E-state index in [0.29, 0.717) is 5.92 Å². The molecule has 0 atom stereocenters. The number of piperidine rings is 1. The SMILES string of the molecule is CCn1ccnc1CN1CCC2(CC1)CN(CCN(C)CC(C)C)C(=O)O2. The normalized spacial score (nSPS) is 20.2. The van der Waals surface area contributed by atoms with Crippen molar-refractivity contribution >= 4 is 6.09 Å². The summed E-state index contributed by atoms with van der Waals surface area (Å²) in [6.45, 7) is 13.7. The quantitative estimate of drug-likeness (QED) is 0.696. The summed E-state index contributed by atoms with van der Waals surface area (Å²) in [6.07, 6.45) is 5.58. The first-order valence-electron chi connectivity index (χ1n) is 10.3. The molecule has 2 saturated heterocycles. The lowest BCUT2D eigenvalue weighted by atomic mass is 9.91. The Balaban J connectivity index is 1.47. The minimum Gasteiger partial charge on any atom is -0.441 e. The van der Waals surface area contributed by atoms with Gasteiger partial charge in [0.15, 0.2) is 0 Å². The van der Waals surface area contributed by atoms with E-state index in [2.05, 4.69) is 47.2 Å². The van der Waals surface area contributed by atoms with Crippen LogP contribution in [0.5, 0.6) is 0 Å². The summed E-state index contributed by atoms with van der Waals surface area (Å²) in [7, 11) is 2.12. The summed E-state index contributed by atoms with van der Waals surface area (Å²) >= 11 is 0. The molecule has 7 nitrogen and oxygen atoms in total. The van der Waals surface area contributed by atoms with Gasteiger partial charge in [-0.15, -0.1) is 0 Å². The Hall–Kier alpha value is -1.60. The van der Waals surface area contributed by atoms with Crippen molar-refractivity contribution in [2.24, 2.45) is 5.92 Å². The van der Waals surface area contributed by atoms with E-state index in [-0.39, 0.29) is 11.7 Å². The molecule has 0 unspecified atom stereocenters. The van der Waals surface area contributed by atoms with Crippen molar-refractivity contribution in [2.75, 3.05) is 46.3 Å². The molecule has 3 heterocycles. The van der Waals surface area contributed by atoms with E-state index in [9.17, 15) is 4.79 Å². The number of carbonyl (C=O) groups is 1. The van der Waals surface area contributed by atoms with Gasteiger partial charge in [0.05, 0.1) is 13.1 Å². The summed E-state index contributed by atoms with van der Waals surface area (Å²) in [5, 5.41) is 0. The molecule has 1 spiro atoms. The number of carbonyl (C=O) groups excluding carboxylic acids is 1. The van der Waals surface area contributed by atoms with Gasteiger partial charge in [-0.1, -0.05) is 13.8 Å². The van der Waals surface area contributed by atoms with Gasteiger partial charge in [-0.05, 0) is 19.9 Å². The van der Waals surface area contributed by atoms with Crippen molar-refractivity contribution < 1.29 is 9.53 Å². The molecule has 27 heavy (non-hydrogen) atoms. The average molecular weight is 378 g/mol. The van der Waals surface area contributed by atoms with Crippen molar-refractivity contribution in [1.29, 1.82) is 0 Å². The lowest BCUT2D eigenvalue weighted by Gasteiger charge is -2.37. The first-order valence-corrected chi connectivity index (χ1v) is 10.3. The molecule has 1 amide bonds. The average Bonchev–Trinajstić information content (AvgIpc) is 3.19. The Kier molecular flexibility index (Phi) is 6.42. The number of amides is 1. The van der Waals surface area contributed by atoms with E-state index in [1.54, 1.807) is 0 Å². The molecule has 0 bridgehead atoms. The van der Waals surface area contributed by atoms with Gasteiger partial charge in [0.25, 0.3) is 0 Å². The Labute approximate surface area is 163 Å². The summed E-state index contributed by atoms with van der Waals surface area (Å²) < 4.78 is 8.06. The maximum absolute atomic E-state index is 12.4. The van der Waals surface area contributed by atoms with Crippen molar-refractivity contribution in [2.45, 2.75) is 52.3 Å². The third-order valence-corrected chi connectivity index (χ3v) is 5.74. The van der Waals surface area contributed by atoms with Crippen molar-refractivity contribution in [3.8, 4) is 0 Å². The van der Waals surface area contributed by atoms with Gasteiger partial charge in [0.1, 0.15) is 11.4 Å². The standard InChI is InChI=1S/C20H35N5O2/c1-5-24-11-8-21-18(24)15-23-9-6-20(7-10-23)16-25(19(26)27-20)13-12-22(4)14-17(2)3/h8,11,17H,5-7,9-10,12-16H2,1-4H3. The first-order chi connectivity index (χ1) is 12.9. The first kappa shape index (κ1) is 20.1. The van der Waals surface area contributed by atoms with E-state index in [0.717, 1.165) is 71.0 Å². The maximum atomic E-state index is 12.4. The number of ether oxygens (including phenoxy) is 1. The fourth-order valence-corrected chi connectivity index (χ4v) is 4.23. The second kappa shape index (κ2) is 8.61. The Morgan fingerprint density at radius 2 is 2.07 bits per heavy atom. The molecule has 7 heteroatoms. The van der Waals surface area contributed by atoms with E-state index < -0.39 is 0 Å².